The molecule has 2 aromatic carbocycles. The van der Waals surface area contributed by atoms with E-state index >= 15 is 0 Å². The molecule has 1 atom stereocenters. The monoisotopic (exact) mass is 646 g/mol. The zero-order valence-electron chi connectivity index (χ0n) is 24.6. The van der Waals surface area contributed by atoms with Crippen LogP contribution in [0.25, 0.3) is 12.2 Å². The Morgan fingerprint density at radius 2 is 1.49 bits per heavy atom. The minimum atomic E-state index is -3.64. The first-order valence-corrected chi connectivity index (χ1v) is 19.1. The summed E-state index contributed by atoms with van der Waals surface area (Å²) in [6, 6.07) is 15.8. The zero-order chi connectivity index (χ0) is 30.9. The molecule has 0 saturated heterocycles. The standard InChI is InChI=1S/C31H42N3O6PS2/c1-41(38,39)40-21-9-3-2-8-19-32-30(36)18-22-42-43-23-20-33-29(35)16-17-31(37)34-24-27-12-5-4-10-25(27)14-15-26-11-6-7-13-28(26)34/h4-7,10-15H,2-3,8-9,16-24H2,1H3,(H,32,36)(H,33,35)(H,38,39)/p-1. The maximum atomic E-state index is 13.3. The third-order valence-corrected chi connectivity index (χ3v) is 9.70. The number of fused-ring (bicyclic) bond motifs is 2. The fraction of sp³-hybridized carbons (Fsp3) is 0.452. The molecule has 0 bridgehead atoms. The summed E-state index contributed by atoms with van der Waals surface area (Å²) in [6.07, 6.45) is 8.06. The molecule has 234 valence electrons. The van der Waals surface area contributed by atoms with Crippen molar-refractivity contribution in [2.24, 2.45) is 0 Å². The minimum Gasteiger partial charge on any atom is -0.779 e. The molecule has 0 fully saturated rings. The van der Waals surface area contributed by atoms with Gasteiger partial charge in [0.2, 0.25) is 17.7 Å². The van der Waals surface area contributed by atoms with Gasteiger partial charge in [0.1, 0.15) is 7.60 Å². The fourth-order valence-corrected chi connectivity index (χ4v) is 6.79. The molecule has 12 heteroatoms. The Hall–Kier alpha value is -2.56. The molecule has 3 amide bonds. The van der Waals surface area contributed by atoms with Gasteiger partial charge in [0.15, 0.2) is 0 Å². The molecule has 0 aromatic heterocycles. The number of rotatable bonds is 18. The fourth-order valence-electron chi connectivity index (χ4n) is 4.43. The summed E-state index contributed by atoms with van der Waals surface area (Å²) in [6.45, 7) is 2.84. The molecular weight excluding hydrogens is 605 g/mol. The summed E-state index contributed by atoms with van der Waals surface area (Å²) in [5.41, 5.74) is 3.95. The number of amides is 3. The smallest absolute Gasteiger partial charge is 0.227 e. The van der Waals surface area contributed by atoms with E-state index in [0.717, 1.165) is 48.3 Å². The number of hydrogen-bond acceptors (Lipinski definition) is 8. The lowest BCUT2D eigenvalue weighted by Crippen LogP contribution is -2.33. The Labute approximate surface area is 262 Å². The van der Waals surface area contributed by atoms with Crippen LogP contribution in [0.1, 0.15) is 61.6 Å². The molecule has 0 spiro atoms. The van der Waals surface area contributed by atoms with Crippen molar-refractivity contribution in [3.8, 4) is 0 Å². The lowest BCUT2D eigenvalue weighted by atomic mass is 10.0. The van der Waals surface area contributed by atoms with Gasteiger partial charge in [0.05, 0.1) is 18.8 Å². The van der Waals surface area contributed by atoms with Gasteiger partial charge in [-0.3, -0.25) is 14.4 Å². The van der Waals surface area contributed by atoms with E-state index in [-0.39, 0.29) is 37.2 Å². The van der Waals surface area contributed by atoms with Gasteiger partial charge in [-0.2, -0.15) is 0 Å². The van der Waals surface area contributed by atoms with E-state index in [4.69, 9.17) is 4.52 Å². The van der Waals surface area contributed by atoms with Crippen LogP contribution in [-0.4, -0.2) is 55.6 Å². The summed E-state index contributed by atoms with van der Waals surface area (Å²) in [7, 11) is -0.443. The highest BCUT2D eigenvalue weighted by atomic mass is 33.1. The van der Waals surface area contributed by atoms with Crippen LogP contribution in [0.4, 0.5) is 5.69 Å². The number of anilines is 1. The van der Waals surface area contributed by atoms with E-state index in [1.165, 1.54) is 0 Å². The Morgan fingerprint density at radius 3 is 2.30 bits per heavy atom. The number of unbranched alkanes of at least 4 members (excludes halogenated alkanes) is 3. The van der Waals surface area contributed by atoms with E-state index in [1.807, 2.05) is 54.6 Å². The predicted molar refractivity (Wildman–Crippen MR) is 176 cm³/mol. The van der Waals surface area contributed by atoms with Gasteiger partial charge < -0.3 is 29.5 Å². The van der Waals surface area contributed by atoms with Gasteiger partial charge in [0.25, 0.3) is 0 Å². The predicted octanol–water partition coefficient (Wildman–Crippen LogP) is 5.25. The molecule has 1 heterocycles. The third-order valence-electron chi connectivity index (χ3n) is 6.64. The Bertz CT molecular complexity index is 1290. The second kappa shape index (κ2) is 19.0. The summed E-state index contributed by atoms with van der Waals surface area (Å²) in [5, 5.41) is 5.79. The Morgan fingerprint density at radius 1 is 0.837 bits per heavy atom. The van der Waals surface area contributed by atoms with Crippen molar-refractivity contribution in [3.05, 3.63) is 65.2 Å². The minimum absolute atomic E-state index is 0.00912. The molecule has 3 rings (SSSR count). The van der Waals surface area contributed by atoms with Crippen LogP contribution >= 0.6 is 29.2 Å². The van der Waals surface area contributed by atoms with E-state index in [0.29, 0.717) is 44.0 Å². The molecule has 0 saturated carbocycles. The lowest BCUT2D eigenvalue weighted by molar-refractivity contribution is -0.196. The number of para-hydroxylation sites is 1. The van der Waals surface area contributed by atoms with Crippen LogP contribution in [-0.2, 0) is 30.0 Å². The molecule has 1 aliphatic rings. The van der Waals surface area contributed by atoms with Crippen LogP contribution < -0.4 is 20.4 Å². The number of benzene rings is 2. The quantitative estimate of drug-likeness (QED) is 0.128. The molecular formula is C31H41N3O6PS2-. The van der Waals surface area contributed by atoms with E-state index in [1.54, 1.807) is 26.5 Å². The van der Waals surface area contributed by atoms with Gasteiger partial charge >= 0.3 is 0 Å². The first-order chi connectivity index (χ1) is 20.7. The van der Waals surface area contributed by atoms with Gasteiger partial charge in [-0.05, 0) is 35.6 Å². The zero-order valence-corrected chi connectivity index (χ0v) is 27.2. The van der Waals surface area contributed by atoms with Gasteiger partial charge in [-0.1, -0.05) is 89.0 Å². The van der Waals surface area contributed by atoms with Gasteiger partial charge in [-0.15, -0.1) is 0 Å². The highest BCUT2D eigenvalue weighted by molar-refractivity contribution is 8.76. The van der Waals surface area contributed by atoms with Crippen molar-refractivity contribution in [1.82, 2.24) is 10.6 Å². The van der Waals surface area contributed by atoms with E-state index in [9.17, 15) is 23.8 Å². The molecule has 1 aliphatic heterocycles. The average molecular weight is 647 g/mol. The van der Waals surface area contributed by atoms with Crippen molar-refractivity contribution in [1.29, 1.82) is 0 Å². The first-order valence-electron chi connectivity index (χ1n) is 14.6. The summed E-state index contributed by atoms with van der Waals surface area (Å²) in [5.74, 6) is 1.16. The average Bonchev–Trinajstić information content (AvgIpc) is 2.97. The first kappa shape index (κ1) is 34.9. The van der Waals surface area contributed by atoms with Crippen molar-refractivity contribution in [3.63, 3.8) is 0 Å². The van der Waals surface area contributed by atoms with Crippen LogP contribution in [0.5, 0.6) is 0 Å². The SMILES string of the molecule is CP(=O)([O-])OCCCCCCNC(=O)CCSSCCNC(=O)CCC(=O)N1Cc2ccccc2C=Cc2ccccc21. The van der Waals surface area contributed by atoms with Crippen LogP contribution in [0.3, 0.4) is 0 Å². The lowest BCUT2D eigenvalue weighted by Gasteiger charge is -2.27. The van der Waals surface area contributed by atoms with Crippen LogP contribution in [0, 0.1) is 0 Å². The number of carbonyl (C=O) groups excluding carboxylic acids is 3. The molecule has 43 heavy (non-hydrogen) atoms. The second-order valence-corrected chi connectivity index (χ2v) is 14.7. The summed E-state index contributed by atoms with van der Waals surface area (Å²) in [4.78, 5) is 50.3. The molecule has 0 radical (unpaired) electrons. The highest BCUT2D eigenvalue weighted by Gasteiger charge is 2.21. The highest BCUT2D eigenvalue weighted by Crippen LogP contribution is 2.31. The Balaban J connectivity index is 1.24. The number of carbonyl (C=O) groups is 3. The number of hydrogen-bond donors (Lipinski definition) is 2. The van der Waals surface area contributed by atoms with Gasteiger partial charge in [-0.25, -0.2) is 0 Å². The largest absolute Gasteiger partial charge is 0.779 e. The molecule has 2 aromatic rings. The van der Waals surface area contributed by atoms with Crippen molar-refractivity contribution >= 4 is 64.7 Å². The maximum Gasteiger partial charge on any atom is 0.227 e. The molecule has 2 N–H and O–H groups in total. The summed E-state index contributed by atoms with van der Waals surface area (Å²) >= 11 is 0. The van der Waals surface area contributed by atoms with Gasteiger partial charge in [0, 0.05) is 50.5 Å². The van der Waals surface area contributed by atoms with E-state index in [2.05, 4.69) is 16.7 Å². The third kappa shape index (κ3) is 13.7. The molecule has 1 unspecified atom stereocenters. The Kier molecular flexibility index (Phi) is 15.4. The molecule has 0 aliphatic carbocycles. The van der Waals surface area contributed by atoms with Crippen molar-refractivity contribution < 1.29 is 28.4 Å². The maximum absolute atomic E-state index is 13.3. The number of nitrogens with one attached hydrogen (secondary N) is 2. The van der Waals surface area contributed by atoms with Crippen LogP contribution in [0.2, 0.25) is 0 Å². The molecule has 9 nitrogen and oxygen atoms in total. The topological polar surface area (TPSA) is 128 Å². The normalized spacial score (nSPS) is 13.7. The van der Waals surface area contributed by atoms with Crippen LogP contribution in [0.15, 0.2) is 48.5 Å². The summed E-state index contributed by atoms with van der Waals surface area (Å²) < 4.78 is 15.6. The van der Waals surface area contributed by atoms with Crippen molar-refractivity contribution in [2.45, 2.75) is 51.5 Å². The second-order valence-electron chi connectivity index (χ2n) is 10.2. The van der Waals surface area contributed by atoms with Crippen molar-refractivity contribution in [2.75, 3.05) is 42.8 Å². The van der Waals surface area contributed by atoms with E-state index < -0.39 is 7.60 Å². The number of nitrogens with zero attached hydrogens (tertiary/aromatic N) is 1.